The van der Waals surface area contributed by atoms with E-state index in [9.17, 15) is 4.79 Å². The van der Waals surface area contributed by atoms with E-state index in [4.69, 9.17) is 21.1 Å². The molecule has 3 nitrogen and oxygen atoms in total. The number of hydrogen-bond donors (Lipinski definition) is 0. The van der Waals surface area contributed by atoms with E-state index in [2.05, 4.69) is 26.0 Å². The molecular formula is C15H21ClO3. The van der Waals surface area contributed by atoms with E-state index < -0.39 is 5.97 Å². The average Bonchev–Trinajstić information content (AvgIpc) is 2.44. The van der Waals surface area contributed by atoms with Crippen molar-refractivity contribution in [1.82, 2.24) is 0 Å². The van der Waals surface area contributed by atoms with Gasteiger partial charge in [-0.25, -0.2) is 0 Å². The fourth-order valence-corrected chi connectivity index (χ4v) is 1.69. The number of halogens is 1. The Morgan fingerprint density at radius 2 is 1.89 bits per heavy atom. The van der Waals surface area contributed by atoms with Crippen LogP contribution < -0.4 is 4.74 Å². The standard InChI is InChI=1S/C15H21ClO3/c1-4-11(2)13-5-7-14(8-6-13)18-10-12(3)19-15(17)9-16/h5-8,11-12H,4,9-10H2,1-3H3. The summed E-state index contributed by atoms with van der Waals surface area (Å²) < 4.78 is 10.6. The van der Waals surface area contributed by atoms with Gasteiger partial charge in [0.05, 0.1) is 0 Å². The van der Waals surface area contributed by atoms with Crippen LogP contribution in [0.1, 0.15) is 38.7 Å². The van der Waals surface area contributed by atoms with Gasteiger partial charge in [-0.15, -0.1) is 11.6 Å². The highest BCUT2D eigenvalue weighted by Gasteiger charge is 2.09. The molecule has 0 amide bonds. The number of carbonyl (C=O) groups is 1. The smallest absolute Gasteiger partial charge is 0.321 e. The van der Waals surface area contributed by atoms with E-state index >= 15 is 0 Å². The Morgan fingerprint density at radius 1 is 1.26 bits per heavy atom. The molecule has 0 saturated heterocycles. The second-order valence-corrected chi connectivity index (χ2v) is 4.89. The van der Waals surface area contributed by atoms with Gasteiger partial charge in [-0.1, -0.05) is 26.0 Å². The van der Waals surface area contributed by atoms with Crippen molar-refractivity contribution in [2.75, 3.05) is 12.5 Å². The summed E-state index contributed by atoms with van der Waals surface area (Å²) >= 11 is 5.36. The van der Waals surface area contributed by atoms with Crippen LogP contribution in [0, 0.1) is 0 Å². The molecule has 0 aliphatic heterocycles. The summed E-state index contributed by atoms with van der Waals surface area (Å²) in [5.41, 5.74) is 1.30. The zero-order valence-corrected chi connectivity index (χ0v) is 12.4. The highest BCUT2D eigenvalue weighted by Crippen LogP contribution is 2.21. The summed E-state index contributed by atoms with van der Waals surface area (Å²) in [6, 6.07) is 8.02. The van der Waals surface area contributed by atoms with Crippen LogP contribution in [0.4, 0.5) is 0 Å². The summed E-state index contributed by atoms with van der Waals surface area (Å²) in [5.74, 6) is 0.775. The van der Waals surface area contributed by atoms with Crippen LogP contribution in [0.2, 0.25) is 0 Å². The van der Waals surface area contributed by atoms with Crippen molar-refractivity contribution in [1.29, 1.82) is 0 Å². The Kier molecular flexibility index (Phi) is 6.71. The monoisotopic (exact) mass is 284 g/mol. The molecular weight excluding hydrogens is 264 g/mol. The molecule has 0 bridgehead atoms. The van der Waals surface area contributed by atoms with Gasteiger partial charge in [0.25, 0.3) is 0 Å². The molecule has 0 aromatic heterocycles. The van der Waals surface area contributed by atoms with Crippen LogP contribution in [-0.2, 0) is 9.53 Å². The minimum absolute atomic E-state index is 0.131. The van der Waals surface area contributed by atoms with Crippen molar-refractivity contribution in [3.63, 3.8) is 0 Å². The lowest BCUT2D eigenvalue weighted by Gasteiger charge is -2.14. The van der Waals surface area contributed by atoms with Gasteiger partial charge in [-0.3, -0.25) is 4.79 Å². The zero-order valence-electron chi connectivity index (χ0n) is 11.7. The Labute approximate surface area is 119 Å². The third-order valence-electron chi connectivity index (χ3n) is 2.99. The Balaban J connectivity index is 2.43. The first-order chi connectivity index (χ1) is 9.06. The maximum absolute atomic E-state index is 11.0. The van der Waals surface area contributed by atoms with Crippen molar-refractivity contribution in [3.05, 3.63) is 29.8 Å². The predicted octanol–water partition coefficient (Wildman–Crippen LogP) is 3.75. The van der Waals surface area contributed by atoms with Gasteiger partial charge in [-0.05, 0) is 37.0 Å². The lowest BCUT2D eigenvalue weighted by Crippen LogP contribution is -2.22. The summed E-state index contributed by atoms with van der Waals surface area (Å²) in [6.07, 6.45) is 0.812. The van der Waals surface area contributed by atoms with Gasteiger partial charge < -0.3 is 9.47 Å². The number of hydrogen-bond acceptors (Lipinski definition) is 3. The molecule has 106 valence electrons. The van der Waals surface area contributed by atoms with Crippen LogP contribution in [0.3, 0.4) is 0 Å². The van der Waals surface area contributed by atoms with E-state index in [1.807, 2.05) is 12.1 Å². The molecule has 0 saturated carbocycles. The number of alkyl halides is 1. The minimum atomic E-state index is -0.426. The van der Waals surface area contributed by atoms with Crippen molar-refractivity contribution >= 4 is 17.6 Å². The van der Waals surface area contributed by atoms with E-state index in [0.717, 1.165) is 12.2 Å². The molecule has 2 unspecified atom stereocenters. The lowest BCUT2D eigenvalue weighted by atomic mass is 9.99. The van der Waals surface area contributed by atoms with Crippen molar-refractivity contribution < 1.29 is 14.3 Å². The van der Waals surface area contributed by atoms with Crippen LogP contribution >= 0.6 is 11.6 Å². The third-order valence-corrected chi connectivity index (χ3v) is 3.21. The fraction of sp³-hybridized carbons (Fsp3) is 0.533. The zero-order chi connectivity index (χ0) is 14.3. The molecule has 0 fully saturated rings. The summed E-state index contributed by atoms with van der Waals surface area (Å²) in [5, 5.41) is 0. The third kappa shape index (κ3) is 5.52. The van der Waals surface area contributed by atoms with Crippen molar-refractivity contribution in [3.8, 4) is 5.75 Å². The normalized spacial score (nSPS) is 13.7. The Bertz CT molecular complexity index is 389. The topological polar surface area (TPSA) is 35.5 Å². The van der Waals surface area contributed by atoms with Gasteiger partial charge in [0, 0.05) is 0 Å². The molecule has 1 rings (SSSR count). The number of rotatable bonds is 7. The highest BCUT2D eigenvalue weighted by molar-refractivity contribution is 6.26. The van der Waals surface area contributed by atoms with Crippen molar-refractivity contribution in [2.24, 2.45) is 0 Å². The molecule has 0 aliphatic carbocycles. The minimum Gasteiger partial charge on any atom is -0.490 e. The number of ether oxygens (including phenoxy) is 2. The first-order valence-electron chi connectivity index (χ1n) is 6.55. The van der Waals surface area contributed by atoms with Gasteiger partial charge in [0.1, 0.15) is 24.3 Å². The van der Waals surface area contributed by atoms with E-state index in [1.54, 1.807) is 6.92 Å². The summed E-state index contributed by atoms with van der Waals surface area (Å²) in [4.78, 5) is 11.0. The first kappa shape index (κ1) is 15.8. The number of benzene rings is 1. The molecule has 1 aromatic carbocycles. The van der Waals surface area contributed by atoms with Gasteiger partial charge in [0.15, 0.2) is 0 Å². The molecule has 1 aromatic rings. The fourth-order valence-electron chi connectivity index (χ4n) is 1.63. The molecule has 0 spiro atoms. The van der Waals surface area contributed by atoms with Gasteiger partial charge in [0.2, 0.25) is 0 Å². The van der Waals surface area contributed by atoms with Gasteiger partial charge >= 0.3 is 5.97 Å². The lowest BCUT2D eigenvalue weighted by molar-refractivity contribution is -0.146. The SMILES string of the molecule is CCC(C)c1ccc(OCC(C)OC(=O)CCl)cc1. The maximum Gasteiger partial charge on any atom is 0.321 e. The summed E-state index contributed by atoms with van der Waals surface area (Å²) in [7, 11) is 0. The summed E-state index contributed by atoms with van der Waals surface area (Å²) in [6.45, 7) is 6.47. The predicted molar refractivity (Wildman–Crippen MR) is 76.9 cm³/mol. The second-order valence-electron chi connectivity index (χ2n) is 4.62. The average molecular weight is 285 g/mol. The first-order valence-corrected chi connectivity index (χ1v) is 7.08. The van der Waals surface area contributed by atoms with Crippen molar-refractivity contribution in [2.45, 2.75) is 39.2 Å². The Morgan fingerprint density at radius 3 is 2.42 bits per heavy atom. The molecule has 19 heavy (non-hydrogen) atoms. The number of esters is 1. The molecule has 2 atom stereocenters. The van der Waals surface area contributed by atoms with E-state index in [-0.39, 0.29) is 12.0 Å². The van der Waals surface area contributed by atoms with Gasteiger partial charge in [-0.2, -0.15) is 0 Å². The Hall–Kier alpha value is -1.22. The molecule has 0 N–H and O–H groups in total. The van der Waals surface area contributed by atoms with Crippen LogP contribution in [0.5, 0.6) is 5.75 Å². The number of carbonyl (C=O) groups excluding carboxylic acids is 1. The second kappa shape index (κ2) is 8.05. The highest BCUT2D eigenvalue weighted by atomic mass is 35.5. The maximum atomic E-state index is 11.0. The van der Waals surface area contributed by atoms with E-state index in [0.29, 0.717) is 12.5 Å². The van der Waals surface area contributed by atoms with Crippen LogP contribution in [-0.4, -0.2) is 24.6 Å². The van der Waals surface area contributed by atoms with Crippen LogP contribution in [0.15, 0.2) is 24.3 Å². The molecule has 0 aliphatic rings. The van der Waals surface area contributed by atoms with Crippen LogP contribution in [0.25, 0.3) is 0 Å². The molecule has 0 radical (unpaired) electrons. The largest absolute Gasteiger partial charge is 0.490 e. The van der Waals surface area contributed by atoms with E-state index in [1.165, 1.54) is 5.56 Å². The molecule has 0 heterocycles. The molecule has 4 heteroatoms. The quantitative estimate of drug-likeness (QED) is 0.565.